The SMILES string of the molecule is COC(=O)C(C)(O)Cn1ccc2ccc(F)cc21. The summed E-state index contributed by atoms with van der Waals surface area (Å²) >= 11 is 0. The zero-order valence-electron chi connectivity index (χ0n) is 10.2. The van der Waals surface area contributed by atoms with E-state index in [-0.39, 0.29) is 12.4 Å². The highest BCUT2D eigenvalue weighted by Crippen LogP contribution is 2.20. The third-order valence-electron chi connectivity index (χ3n) is 2.84. The Balaban J connectivity index is 2.37. The van der Waals surface area contributed by atoms with Gasteiger partial charge in [-0.2, -0.15) is 0 Å². The predicted octanol–water partition coefficient (Wildman–Crippen LogP) is 1.70. The van der Waals surface area contributed by atoms with Gasteiger partial charge >= 0.3 is 5.97 Å². The molecule has 0 aliphatic carbocycles. The van der Waals surface area contributed by atoms with Gasteiger partial charge in [-0.3, -0.25) is 0 Å². The molecule has 0 radical (unpaired) electrons. The molecule has 1 aromatic heterocycles. The molecule has 2 aromatic rings. The molecule has 5 heteroatoms. The van der Waals surface area contributed by atoms with Crippen molar-refractivity contribution in [3.8, 4) is 0 Å². The van der Waals surface area contributed by atoms with Gasteiger partial charge in [0, 0.05) is 6.20 Å². The molecule has 0 saturated carbocycles. The van der Waals surface area contributed by atoms with Crippen LogP contribution in [0.25, 0.3) is 10.9 Å². The number of aliphatic hydroxyl groups is 1. The van der Waals surface area contributed by atoms with Gasteiger partial charge in [-0.25, -0.2) is 9.18 Å². The Morgan fingerprint density at radius 1 is 1.50 bits per heavy atom. The maximum Gasteiger partial charge on any atom is 0.339 e. The number of carbonyl (C=O) groups is 1. The molecule has 18 heavy (non-hydrogen) atoms. The van der Waals surface area contributed by atoms with Gasteiger partial charge in [-0.05, 0) is 36.6 Å². The maximum atomic E-state index is 13.2. The fraction of sp³-hybridized carbons (Fsp3) is 0.308. The van der Waals surface area contributed by atoms with Crippen LogP contribution in [0.2, 0.25) is 0 Å². The lowest BCUT2D eigenvalue weighted by Gasteiger charge is -2.21. The van der Waals surface area contributed by atoms with Crippen LogP contribution in [0.15, 0.2) is 30.5 Å². The van der Waals surface area contributed by atoms with Crippen molar-refractivity contribution in [2.24, 2.45) is 0 Å². The molecule has 1 unspecified atom stereocenters. The van der Waals surface area contributed by atoms with Crippen LogP contribution in [-0.4, -0.2) is 28.4 Å². The molecule has 0 aliphatic heterocycles. The van der Waals surface area contributed by atoms with E-state index in [9.17, 15) is 14.3 Å². The van der Waals surface area contributed by atoms with Crippen LogP contribution >= 0.6 is 0 Å². The molecule has 2 rings (SSSR count). The van der Waals surface area contributed by atoms with Crippen LogP contribution in [0, 0.1) is 5.82 Å². The second-order valence-electron chi connectivity index (χ2n) is 4.41. The lowest BCUT2D eigenvalue weighted by Crippen LogP contribution is -2.40. The summed E-state index contributed by atoms with van der Waals surface area (Å²) in [6.07, 6.45) is 1.70. The Bertz CT molecular complexity index is 589. The highest BCUT2D eigenvalue weighted by atomic mass is 19.1. The molecule has 0 spiro atoms. The molecule has 1 atom stereocenters. The number of benzene rings is 1. The number of aromatic nitrogens is 1. The van der Waals surface area contributed by atoms with E-state index in [1.165, 1.54) is 26.2 Å². The monoisotopic (exact) mass is 251 g/mol. The average molecular weight is 251 g/mol. The molecule has 1 N–H and O–H groups in total. The zero-order chi connectivity index (χ0) is 13.3. The first-order valence-corrected chi connectivity index (χ1v) is 5.49. The summed E-state index contributed by atoms with van der Waals surface area (Å²) in [5.41, 5.74) is -1.02. The Hall–Kier alpha value is -1.88. The topological polar surface area (TPSA) is 51.5 Å². The van der Waals surface area contributed by atoms with Crippen LogP contribution in [0.5, 0.6) is 0 Å². The lowest BCUT2D eigenvalue weighted by molar-refractivity contribution is -0.161. The van der Waals surface area contributed by atoms with Crippen molar-refractivity contribution in [1.29, 1.82) is 0 Å². The first kappa shape index (κ1) is 12.6. The van der Waals surface area contributed by atoms with Crippen molar-refractivity contribution in [2.45, 2.75) is 19.1 Å². The molecule has 0 saturated heterocycles. The third kappa shape index (κ3) is 2.22. The van der Waals surface area contributed by atoms with Crippen LogP contribution in [0.1, 0.15) is 6.92 Å². The van der Waals surface area contributed by atoms with Crippen LogP contribution in [0.4, 0.5) is 4.39 Å². The Morgan fingerprint density at radius 3 is 2.89 bits per heavy atom. The van der Waals surface area contributed by atoms with Gasteiger partial charge in [-0.15, -0.1) is 0 Å². The predicted molar refractivity (Wildman–Crippen MR) is 64.5 cm³/mol. The minimum atomic E-state index is -1.65. The van der Waals surface area contributed by atoms with Crippen LogP contribution < -0.4 is 0 Å². The van der Waals surface area contributed by atoms with Crippen molar-refractivity contribution in [2.75, 3.05) is 7.11 Å². The Kier molecular flexibility index (Phi) is 3.09. The van der Waals surface area contributed by atoms with E-state index >= 15 is 0 Å². The summed E-state index contributed by atoms with van der Waals surface area (Å²) in [7, 11) is 1.21. The van der Waals surface area contributed by atoms with E-state index in [2.05, 4.69) is 4.74 Å². The number of halogens is 1. The smallest absolute Gasteiger partial charge is 0.339 e. The highest BCUT2D eigenvalue weighted by Gasteiger charge is 2.32. The van der Waals surface area contributed by atoms with Gasteiger partial charge in [0.15, 0.2) is 5.60 Å². The van der Waals surface area contributed by atoms with Gasteiger partial charge in [0.25, 0.3) is 0 Å². The second-order valence-corrected chi connectivity index (χ2v) is 4.41. The van der Waals surface area contributed by atoms with Crippen LogP contribution in [-0.2, 0) is 16.1 Å². The molecule has 0 fully saturated rings. The van der Waals surface area contributed by atoms with Crippen molar-refractivity contribution in [3.05, 3.63) is 36.3 Å². The van der Waals surface area contributed by atoms with E-state index < -0.39 is 11.6 Å². The van der Waals surface area contributed by atoms with Gasteiger partial charge < -0.3 is 14.4 Å². The number of rotatable bonds is 3. The molecule has 0 aliphatic rings. The Labute approximate surface area is 104 Å². The molecular formula is C13H14FNO3. The van der Waals surface area contributed by atoms with Crippen molar-refractivity contribution < 1.29 is 19.0 Å². The first-order chi connectivity index (χ1) is 8.44. The van der Waals surface area contributed by atoms with E-state index in [0.717, 1.165) is 5.39 Å². The average Bonchev–Trinajstić information content (AvgIpc) is 2.70. The van der Waals surface area contributed by atoms with Crippen LogP contribution in [0.3, 0.4) is 0 Å². The summed E-state index contributed by atoms with van der Waals surface area (Å²) in [4.78, 5) is 11.4. The summed E-state index contributed by atoms with van der Waals surface area (Å²) in [5.74, 6) is -1.08. The third-order valence-corrected chi connectivity index (χ3v) is 2.84. The maximum absolute atomic E-state index is 13.2. The standard InChI is InChI=1S/C13H14FNO3/c1-13(17,12(16)18-2)8-15-6-5-9-3-4-10(14)7-11(9)15/h3-7,17H,8H2,1-2H3. The fourth-order valence-electron chi connectivity index (χ4n) is 1.91. The Morgan fingerprint density at radius 2 is 2.22 bits per heavy atom. The van der Waals surface area contributed by atoms with Gasteiger partial charge in [0.05, 0.1) is 19.2 Å². The van der Waals surface area contributed by atoms with E-state index in [1.54, 1.807) is 22.9 Å². The van der Waals surface area contributed by atoms with Gasteiger partial charge in [0.2, 0.25) is 0 Å². The molecule has 1 heterocycles. The van der Waals surface area contributed by atoms with Gasteiger partial charge in [0.1, 0.15) is 5.82 Å². The molecule has 0 bridgehead atoms. The molecule has 4 nitrogen and oxygen atoms in total. The first-order valence-electron chi connectivity index (χ1n) is 5.49. The molecule has 0 amide bonds. The fourth-order valence-corrected chi connectivity index (χ4v) is 1.91. The molecule has 1 aromatic carbocycles. The number of fused-ring (bicyclic) bond motifs is 1. The van der Waals surface area contributed by atoms with E-state index in [4.69, 9.17) is 0 Å². The zero-order valence-corrected chi connectivity index (χ0v) is 10.2. The number of ether oxygens (including phenoxy) is 1. The lowest BCUT2D eigenvalue weighted by atomic mass is 10.1. The highest BCUT2D eigenvalue weighted by molar-refractivity contribution is 5.81. The minimum absolute atomic E-state index is 0.00657. The van der Waals surface area contributed by atoms with Crippen molar-refractivity contribution in [1.82, 2.24) is 4.57 Å². The number of methoxy groups -OCH3 is 1. The number of nitrogens with zero attached hydrogens (tertiary/aromatic N) is 1. The van der Waals surface area contributed by atoms with E-state index in [1.807, 2.05) is 0 Å². The second kappa shape index (κ2) is 4.42. The number of hydrogen-bond acceptors (Lipinski definition) is 3. The largest absolute Gasteiger partial charge is 0.467 e. The minimum Gasteiger partial charge on any atom is -0.467 e. The normalized spacial score (nSPS) is 14.4. The summed E-state index contributed by atoms with van der Waals surface area (Å²) in [5, 5.41) is 10.8. The molecule has 96 valence electrons. The number of hydrogen-bond donors (Lipinski definition) is 1. The summed E-state index contributed by atoms with van der Waals surface area (Å²) in [6.45, 7) is 1.37. The van der Waals surface area contributed by atoms with E-state index in [0.29, 0.717) is 5.52 Å². The number of carbonyl (C=O) groups excluding carboxylic acids is 1. The molecular weight excluding hydrogens is 237 g/mol. The van der Waals surface area contributed by atoms with Crippen molar-refractivity contribution >= 4 is 16.9 Å². The van der Waals surface area contributed by atoms with Crippen molar-refractivity contribution in [3.63, 3.8) is 0 Å². The summed E-state index contributed by atoms with van der Waals surface area (Å²) < 4.78 is 19.3. The van der Waals surface area contributed by atoms with Gasteiger partial charge in [-0.1, -0.05) is 0 Å². The quantitative estimate of drug-likeness (QED) is 0.845. The number of esters is 1. The summed E-state index contributed by atoms with van der Waals surface area (Å²) in [6, 6.07) is 6.17.